The quantitative estimate of drug-likeness (QED) is 0.550. The van der Waals surface area contributed by atoms with Gasteiger partial charge in [0.05, 0.1) is 6.61 Å². The second kappa shape index (κ2) is 9.47. The van der Waals surface area contributed by atoms with Gasteiger partial charge in [0.15, 0.2) is 12.2 Å². The van der Waals surface area contributed by atoms with Crippen molar-refractivity contribution in [2.45, 2.75) is 19.1 Å². The molecule has 0 radical (unpaired) electrons. The SMILES string of the molecule is Cc1cc(F)ccc1N1CCO[C@H]([C@@H](O)C(=O)Nc2ccc3c(N)nccc3c2)C1=O.Cl. The minimum absolute atomic E-state index is 0. The molecular weight excluding hydrogens is 439 g/mol. The molecule has 0 aliphatic carbocycles. The number of aryl methyl sites for hydroxylation is 1. The number of fused-ring (bicyclic) bond motifs is 1. The highest BCUT2D eigenvalue weighted by molar-refractivity contribution is 6.05. The Hall–Kier alpha value is -3.27. The van der Waals surface area contributed by atoms with Crippen LogP contribution in [0.1, 0.15) is 5.56 Å². The molecule has 2 heterocycles. The molecule has 2 aromatic carbocycles. The van der Waals surface area contributed by atoms with Crippen molar-refractivity contribution in [3.05, 3.63) is 60.0 Å². The Morgan fingerprint density at radius 2 is 2.09 bits per heavy atom. The maximum atomic E-state index is 13.4. The third-order valence-electron chi connectivity index (χ3n) is 5.19. The smallest absolute Gasteiger partial charge is 0.259 e. The number of benzene rings is 2. The number of ether oxygens (including phenoxy) is 1. The molecular formula is C22H22ClFN4O4. The lowest BCUT2D eigenvalue weighted by Crippen LogP contribution is -2.55. The maximum absolute atomic E-state index is 13.4. The lowest BCUT2D eigenvalue weighted by atomic mass is 10.1. The Balaban J connectivity index is 0.00000289. The Morgan fingerprint density at radius 1 is 1.31 bits per heavy atom. The number of rotatable bonds is 4. The van der Waals surface area contributed by atoms with Crippen LogP contribution in [-0.4, -0.2) is 47.3 Å². The minimum Gasteiger partial charge on any atom is -0.383 e. The molecule has 0 saturated carbocycles. The van der Waals surface area contributed by atoms with E-state index >= 15 is 0 Å². The molecule has 1 aliphatic rings. The van der Waals surface area contributed by atoms with Crippen molar-refractivity contribution in [3.63, 3.8) is 0 Å². The Labute approximate surface area is 189 Å². The molecule has 0 spiro atoms. The molecule has 10 heteroatoms. The molecule has 1 fully saturated rings. The second-order valence-corrected chi connectivity index (χ2v) is 7.28. The van der Waals surface area contributed by atoms with Crippen LogP contribution < -0.4 is 16.0 Å². The molecule has 4 N–H and O–H groups in total. The summed E-state index contributed by atoms with van der Waals surface area (Å²) in [5, 5.41) is 14.6. The number of anilines is 3. The lowest BCUT2D eigenvalue weighted by molar-refractivity contribution is -0.150. The number of hydrogen-bond acceptors (Lipinski definition) is 6. The minimum atomic E-state index is -1.73. The van der Waals surface area contributed by atoms with E-state index in [0.717, 1.165) is 10.8 Å². The van der Waals surface area contributed by atoms with Crippen molar-refractivity contribution in [2.75, 3.05) is 29.1 Å². The van der Waals surface area contributed by atoms with E-state index < -0.39 is 29.8 Å². The molecule has 1 saturated heterocycles. The number of nitrogens with zero attached hydrogens (tertiary/aromatic N) is 2. The van der Waals surface area contributed by atoms with E-state index in [1.54, 1.807) is 37.4 Å². The van der Waals surface area contributed by atoms with Gasteiger partial charge < -0.3 is 25.8 Å². The van der Waals surface area contributed by atoms with E-state index in [1.807, 2.05) is 0 Å². The number of carbonyl (C=O) groups excluding carboxylic acids is 2. The van der Waals surface area contributed by atoms with Gasteiger partial charge in [-0.3, -0.25) is 9.59 Å². The van der Waals surface area contributed by atoms with Gasteiger partial charge in [-0.1, -0.05) is 0 Å². The van der Waals surface area contributed by atoms with Gasteiger partial charge in [0, 0.05) is 29.5 Å². The van der Waals surface area contributed by atoms with Crippen molar-refractivity contribution in [1.82, 2.24) is 4.98 Å². The number of aromatic nitrogens is 1. The zero-order valence-corrected chi connectivity index (χ0v) is 17.9. The fraction of sp³-hybridized carbons (Fsp3) is 0.227. The van der Waals surface area contributed by atoms with Gasteiger partial charge in [-0.05, 0) is 60.3 Å². The van der Waals surface area contributed by atoms with Crippen LogP contribution in [-0.2, 0) is 14.3 Å². The summed E-state index contributed by atoms with van der Waals surface area (Å²) in [5.74, 6) is -1.39. The molecule has 2 amide bonds. The number of aliphatic hydroxyl groups excluding tert-OH is 1. The van der Waals surface area contributed by atoms with Crippen LogP contribution in [0.2, 0.25) is 0 Å². The number of nitrogens with two attached hydrogens (primary N) is 1. The number of hydrogen-bond donors (Lipinski definition) is 3. The number of amides is 2. The third-order valence-corrected chi connectivity index (χ3v) is 5.19. The number of aliphatic hydroxyl groups is 1. The molecule has 4 rings (SSSR count). The fourth-order valence-corrected chi connectivity index (χ4v) is 3.63. The van der Waals surface area contributed by atoms with E-state index in [1.165, 1.54) is 23.1 Å². The predicted octanol–water partition coefficient (Wildman–Crippen LogP) is 2.42. The zero-order valence-electron chi connectivity index (χ0n) is 17.1. The van der Waals surface area contributed by atoms with E-state index in [0.29, 0.717) is 22.8 Å². The highest BCUT2D eigenvalue weighted by atomic mass is 35.5. The molecule has 32 heavy (non-hydrogen) atoms. The Kier molecular flexibility index (Phi) is 6.93. The number of nitrogens with one attached hydrogen (secondary N) is 1. The number of morpholine rings is 1. The first-order chi connectivity index (χ1) is 14.8. The van der Waals surface area contributed by atoms with Crippen molar-refractivity contribution < 1.29 is 23.8 Å². The van der Waals surface area contributed by atoms with Crippen LogP contribution in [0.4, 0.5) is 21.6 Å². The van der Waals surface area contributed by atoms with Gasteiger partial charge >= 0.3 is 0 Å². The predicted molar refractivity (Wildman–Crippen MR) is 121 cm³/mol. The molecule has 168 valence electrons. The van der Waals surface area contributed by atoms with Crippen LogP contribution in [0.5, 0.6) is 0 Å². The largest absolute Gasteiger partial charge is 0.383 e. The van der Waals surface area contributed by atoms with Crippen LogP contribution in [0.3, 0.4) is 0 Å². The average Bonchev–Trinajstić information content (AvgIpc) is 2.74. The van der Waals surface area contributed by atoms with Crippen LogP contribution >= 0.6 is 12.4 Å². The van der Waals surface area contributed by atoms with Gasteiger partial charge in [-0.2, -0.15) is 0 Å². The average molecular weight is 461 g/mol. The summed E-state index contributed by atoms with van der Waals surface area (Å²) in [5.41, 5.74) is 7.33. The van der Waals surface area contributed by atoms with Crippen LogP contribution in [0.25, 0.3) is 10.8 Å². The molecule has 8 nitrogen and oxygen atoms in total. The van der Waals surface area contributed by atoms with Crippen LogP contribution in [0, 0.1) is 12.7 Å². The summed E-state index contributed by atoms with van der Waals surface area (Å²) in [4.78, 5) is 30.9. The van der Waals surface area contributed by atoms with Crippen molar-refractivity contribution in [2.24, 2.45) is 0 Å². The van der Waals surface area contributed by atoms with Gasteiger partial charge in [0.1, 0.15) is 11.6 Å². The number of nitrogen functional groups attached to an aromatic ring is 1. The van der Waals surface area contributed by atoms with Gasteiger partial charge in [0.25, 0.3) is 11.8 Å². The van der Waals surface area contributed by atoms with Crippen LogP contribution in [0.15, 0.2) is 48.7 Å². The monoisotopic (exact) mass is 460 g/mol. The molecule has 1 aromatic heterocycles. The zero-order chi connectivity index (χ0) is 22.1. The first-order valence-electron chi connectivity index (χ1n) is 9.67. The van der Waals surface area contributed by atoms with E-state index in [4.69, 9.17) is 10.5 Å². The topological polar surface area (TPSA) is 118 Å². The summed E-state index contributed by atoms with van der Waals surface area (Å²) in [6, 6.07) is 10.8. The first-order valence-corrected chi connectivity index (χ1v) is 9.67. The van der Waals surface area contributed by atoms with Crippen molar-refractivity contribution in [3.8, 4) is 0 Å². The highest BCUT2D eigenvalue weighted by Crippen LogP contribution is 2.26. The standard InChI is InChI=1S/C22H21FN4O4.ClH/c1-12-10-14(23)2-5-17(12)27-8-9-31-19(22(27)30)18(28)21(29)26-15-3-4-16-13(11-15)6-7-25-20(16)24;/h2-7,10-11,18-19,28H,8-9H2,1H3,(H2,24,25)(H,26,29);1H/t18-,19-;/m1./s1. The molecule has 1 aliphatic heterocycles. The Morgan fingerprint density at radius 3 is 2.84 bits per heavy atom. The number of pyridine rings is 1. The fourth-order valence-electron chi connectivity index (χ4n) is 3.63. The molecule has 0 unspecified atom stereocenters. The lowest BCUT2D eigenvalue weighted by Gasteiger charge is -2.34. The van der Waals surface area contributed by atoms with Gasteiger partial charge in [-0.25, -0.2) is 9.37 Å². The van der Waals surface area contributed by atoms with Gasteiger partial charge in [-0.15, -0.1) is 12.4 Å². The third kappa shape index (κ3) is 4.50. The highest BCUT2D eigenvalue weighted by Gasteiger charge is 2.39. The summed E-state index contributed by atoms with van der Waals surface area (Å²) in [7, 11) is 0. The Bertz CT molecular complexity index is 1180. The summed E-state index contributed by atoms with van der Waals surface area (Å²) in [6.45, 7) is 2.04. The number of halogens is 2. The summed E-state index contributed by atoms with van der Waals surface area (Å²) < 4.78 is 18.8. The van der Waals surface area contributed by atoms with E-state index in [9.17, 15) is 19.1 Å². The van der Waals surface area contributed by atoms with E-state index in [-0.39, 0.29) is 25.6 Å². The molecule has 3 aromatic rings. The normalized spacial score (nSPS) is 17.0. The summed E-state index contributed by atoms with van der Waals surface area (Å²) >= 11 is 0. The van der Waals surface area contributed by atoms with Gasteiger partial charge in [0.2, 0.25) is 0 Å². The summed E-state index contributed by atoms with van der Waals surface area (Å²) in [6.07, 6.45) is -1.55. The molecule has 2 atom stereocenters. The maximum Gasteiger partial charge on any atom is 0.259 e. The molecule has 0 bridgehead atoms. The van der Waals surface area contributed by atoms with E-state index in [2.05, 4.69) is 10.3 Å². The second-order valence-electron chi connectivity index (χ2n) is 7.28. The number of carbonyl (C=O) groups is 2. The van der Waals surface area contributed by atoms with Crippen molar-refractivity contribution in [1.29, 1.82) is 0 Å². The first kappa shape index (κ1) is 23.4. The van der Waals surface area contributed by atoms with Crippen molar-refractivity contribution >= 4 is 52.2 Å².